The Balaban J connectivity index is 2.21. The van der Waals surface area contributed by atoms with Gasteiger partial charge in [-0.2, -0.15) is 0 Å². The highest BCUT2D eigenvalue weighted by atomic mass is 16.2. The second-order valence-electron chi connectivity index (χ2n) is 7.09. The number of anilines is 1. The number of rotatable bonds is 12. The molecule has 0 fully saturated rings. The molecular formula is C22H31N5O2. The lowest BCUT2D eigenvalue weighted by Crippen LogP contribution is -2.20. The van der Waals surface area contributed by atoms with E-state index >= 15 is 0 Å². The van der Waals surface area contributed by atoms with Gasteiger partial charge in [0.05, 0.1) is 11.9 Å². The van der Waals surface area contributed by atoms with Crippen LogP contribution in [0.5, 0.6) is 0 Å². The minimum Gasteiger partial charge on any atom is -0.396 e. The molecule has 29 heavy (non-hydrogen) atoms. The summed E-state index contributed by atoms with van der Waals surface area (Å²) in [5, 5.41) is 11.4. The number of hydrogen-bond donors (Lipinski definition) is 3. The second-order valence-corrected chi connectivity index (χ2v) is 7.09. The number of unbranched alkanes of at least 4 members (excludes halogenated alkanes) is 3. The monoisotopic (exact) mass is 397 g/mol. The molecule has 1 atom stereocenters. The highest BCUT2D eigenvalue weighted by molar-refractivity contribution is 5.88. The first-order chi connectivity index (χ1) is 14.1. The summed E-state index contributed by atoms with van der Waals surface area (Å²) in [5.74, 6) is 0.780. The van der Waals surface area contributed by atoms with Gasteiger partial charge in [-0.15, -0.1) is 0 Å². The quantitative estimate of drug-likeness (QED) is 0.362. The number of hydrogen-bond acceptors (Lipinski definition) is 5. The molecule has 7 nitrogen and oxygen atoms in total. The predicted molar refractivity (Wildman–Crippen MR) is 117 cm³/mol. The van der Waals surface area contributed by atoms with Gasteiger partial charge in [0.2, 0.25) is 0 Å². The van der Waals surface area contributed by atoms with E-state index in [9.17, 15) is 4.79 Å². The van der Waals surface area contributed by atoms with Gasteiger partial charge in [-0.05, 0) is 42.9 Å². The number of fused-ring (bicyclic) bond motifs is 1. The number of carbonyl (C=O) groups is 1. The van der Waals surface area contributed by atoms with Gasteiger partial charge in [-0.1, -0.05) is 51.3 Å². The normalized spacial score (nSPS) is 12.7. The molecular weight excluding hydrogens is 366 g/mol. The van der Waals surface area contributed by atoms with Crippen LogP contribution in [-0.2, 0) is 0 Å². The number of primary amides is 1. The lowest BCUT2D eigenvalue weighted by atomic mass is 9.93. The number of allylic oxidation sites excluding steroid dienone is 3. The first kappa shape index (κ1) is 22.5. The average molecular weight is 398 g/mol. The summed E-state index contributed by atoms with van der Waals surface area (Å²) in [4.78, 5) is 24.4. The van der Waals surface area contributed by atoms with Crippen molar-refractivity contribution in [3.8, 4) is 0 Å². The molecule has 2 aromatic heterocycles. The number of amides is 2. The summed E-state index contributed by atoms with van der Waals surface area (Å²) in [5.41, 5.74) is 7.88. The molecule has 1 unspecified atom stereocenters. The Morgan fingerprint density at radius 2 is 2.03 bits per heavy atom. The van der Waals surface area contributed by atoms with Crippen molar-refractivity contribution in [2.75, 3.05) is 11.9 Å². The van der Waals surface area contributed by atoms with Gasteiger partial charge in [-0.3, -0.25) is 10.3 Å². The van der Waals surface area contributed by atoms with Crippen molar-refractivity contribution in [1.82, 2.24) is 15.0 Å². The highest BCUT2D eigenvalue weighted by Crippen LogP contribution is 2.24. The maximum Gasteiger partial charge on any atom is 0.317 e. The topological polar surface area (TPSA) is 114 Å². The minimum atomic E-state index is -0.672. The van der Waals surface area contributed by atoms with Crippen LogP contribution in [0.4, 0.5) is 10.6 Å². The molecule has 0 aliphatic carbocycles. The van der Waals surface area contributed by atoms with E-state index in [1.165, 1.54) is 0 Å². The van der Waals surface area contributed by atoms with E-state index in [0.29, 0.717) is 28.6 Å². The van der Waals surface area contributed by atoms with Crippen molar-refractivity contribution in [3.05, 3.63) is 42.8 Å². The molecule has 2 amide bonds. The largest absolute Gasteiger partial charge is 0.396 e. The molecule has 0 spiro atoms. The molecule has 0 saturated heterocycles. The fraction of sp³-hybridized carbons (Fsp3) is 0.455. The average Bonchev–Trinajstić information content (AvgIpc) is 2.70. The lowest BCUT2D eigenvalue weighted by Gasteiger charge is -2.14. The van der Waals surface area contributed by atoms with E-state index < -0.39 is 6.03 Å². The summed E-state index contributed by atoms with van der Waals surface area (Å²) in [6.07, 6.45) is 13.3. The Kier molecular flexibility index (Phi) is 9.24. The molecule has 0 aliphatic rings. The number of carbonyl (C=O) groups excluding carboxylic acids is 1. The molecule has 7 heteroatoms. The van der Waals surface area contributed by atoms with Crippen LogP contribution < -0.4 is 11.1 Å². The van der Waals surface area contributed by atoms with Crippen LogP contribution in [0.1, 0.15) is 57.6 Å². The van der Waals surface area contributed by atoms with Crippen molar-refractivity contribution < 1.29 is 9.90 Å². The molecule has 0 saturated carbocycles. The van der Waals surface area contributed by atoms with E-state index in [4.69, 9.17) is 10.8 Å². The zero-order valence-electron chi connectivity index (χ0n) is 17.1. The summed E-state index contributed by atoms with van der Waals surface area (Å²) >= 11 is 0. The molecule has 0 aromatic carbocycles. The highest BCUT2D eigenvalue weighted by Gasteiger charge is 2.10. The molecule has 0 bridgehead atoms. The summed E-state index contributed by atoms with van der Waals surface area (Å²) in [7, 11) is 0. The Bertz CT molecular complexity index is 850. The molecule has 2 aromatic rings. The van der Waals surface area contributed by atoms with Crippen LogP contribution in [0.3, 0.4) is 0 Å². The summed E-state index contributed by atoms with van der Waals surface area (Å²) in [6, 6.07) is 2.71. The Morgan fingerprint density at radius 1 is 1.24 bits per heavy atom. The Hall–Kier alpha value is -2.80. The number of aliphatic hydroxyl groups is 1. The van der Waals surface area contributed by atoms with E-state index in [-0.39, 0.29) is 6.61 Å². The first-order valence-electron chi connectivity index (χ1n) is 10.2. The van der Waals surface area contributed by atoms with E-state index in [0.717, 1.165) is 50.5 Å². The zero-order chi connectivity index (χ0) is 21.1. The maximum atomic E-state index is 11.1. The van der Waals surface area contributed by atoms with Gasteiger partial charge in [0.15, 0.2) is 5.65 Å². The molecule has 2 heterocycles. The van der Waals surface area contributed by atoms with Crippen molar-refractivity contribution in [3.63, 3.8) is 0 Å². The smallest absolute Gasteiger partial charge is 0.317 e. The van der Waals surface area contributed by atoms with Gasteiger partial charge < -0.3 is 10.8 Å². The third-order valence-corrected chi connectivity index (χ3v) is 4.73. The summed E-state index contributed by atoms with van der Waals surface area (Å²) < 4.78 is 0. The van der Waals surface area contributed by atoms with Gasteiger partial charge in [0.25, 0.3) is 0 Å². The molecule has 156 valence electrons. The van der Waals surface area contributed by atoms with Crippen molar-refractivity contribution in [1.29, 1.82) is 0 Å². The van der Waals surface area contributed by atoms with Gasteiger partial charge in [-0.25, -0.2) is 14.8 Å². The van der Waals surface area contributed by atoms with Crippen LogP contribution in [0, 0.1) is 5.92 Å². The number of aromatic nitrogens is 3. The first-order valence-corrected chi connectivity index (χ1v) is 10.2. The van der Waals surface area contributed by atoms with Crippen LogP contribution in [-0.4, -0.2) is 32.7 Å². The third kappa shape index (κ3) is 7.27. The van der Waals surface area contributed by atoms with E-state index in [2.05, 4.69) is 39.8 Å². The number of nitrogens with zero attached hydrogens (tertiary/aromatic N) is 3. The number of nitrogens with one attached hydrogen (secondary N) is 1. The maximum absolute atomic E-state index is 11.1. The predicted octanol–water partition coefficient (Wildman–Crippen LogP) is 4.44. The fourth-order valence-corrected chi connectivity index (χ4v) is 3.30. The Morgan fingerprint density at radius 3 is 2.72 bits per heavy atom. The van der Waals surface area contributed by atoms with Crippen LogP contribution in [0.25, 0.3) is 16.7 Å². The number of pyridine rings is 1. The van der Waals surface area contributed by atoms with Crippen LogP contribution >= 0.6 is 0 Å². The number of urea groups is 1. The number of aliphatic hydroxyl groups excluding tert-OH is 1. The van der Waals surface area contributed by atoms with Crippen LogP contribution in [0.15, 0.2) is 37.1 Å². The third-order valence-electron chi connectivity index (χ3n) is 4.73. The van der Waals surface area contributed by atoms with E-state index in [1.54, 1.807) is 24.4 Å². The van der Waals surface area contributed by atoms with Crippen molar-refractivity contribution in [2.24, 2.45) is 11.7 Å². The van der Waals surface area contributed by atoms with Gasteiger partial charge in [0, 0.05) is 6.61 Å². The second kappa shape index (κ2) is 11.9. The van der Waals surface area contributed by atoms with Crippen molar-refractivity contribution in [2.45, 2.75) is 51.9 Å². The fourth-order valence-electron chi connectivity index (χ4n) is 3.30. The molecule has 0 aliphatic heterocycles. The zero-order valence-corrected chi connectivity index (χ0v) is 17.1. The van der Waals surface area contributed by atoms with Crippen LogP contribution in [0.2, 0.25) is 0 Å². The minimum absolute atomic E-state index is 0.268. The standard InChI is InChI=1S/C22H31N5O2/c1-3-9-16(10-7-5-6-8-13-28)14-17(4-2)19-15-24-18-11-12-20(27-22(23)29)26-21(18)25-19/h4,11-12,14-16,28H,2-3,5-10,13H2,1H3,(H3,23,25,26,27,29). The SMILES string of the molecule is C=CC(=CC(CCC)CCCCCCO)c1cnc2ccc(NC(N)=O)nc2n1. The molecule has 4 N–H and O–H groups in total. The van der Waals surface area contributed by atoms with Gasteiger partial charge >= 0.3 is 6.03 Å². The molecule has 0 radical (unpaired) electrons. The van der Waals surface area contributed by atoms with E-state index in [1.807, 2.05) is 0 Å². The van der Waals surface area contributed by atoms with Gasteiger partial charge in [0.1, 0.15) is 11.3 Å². The lowest BCUT2D eigenvalue weighted by molar-refractivity contribution is 0.259. The Labute approximate surface area is 172 Å². The summed E-state index contributed by atoms with van der Waals surface area (Å²) in [6.45, 7) is 6.41. The molecule has 2 rings (SSSR count). The van der Waals surface area contributed by atoms with Crippen molar-refractivity contribution >= 4 is 28.6 Å². The number of nitrogens with two attached hydrogens (primary N) is 1.